The minimum atomic E-state index is -0.554. The Morgan fingerprint density at radius 3 is 2.26 bits per heavy atom. The van der Waals surface area contributed by atoms with Crippen LogP contribution in [0.5, 0.6) is 0 Å². The molecule has 2 atom stereocenters. The molecule has 2 aromatic rings. The molecule has 7 nitrogen and oxygen atoms in total. The van der Waals surface area contributed by atoms with E-state index in [1.807, 2.05) is 49.6 Å². The molecule has 2 amide bonds. The van der Waals surface area contributed by atoms with Gasteiger partial charge in [-0.2, -0.15) is 0 Å². The molecule has 0 aliphatic heterocycles. The Hall–Kier alpha value is -2.44. The number of nitrogens with one attached hydrogen (secondary N) is 2. The molecule has 31 heavy (non-hydrogen) atoms. The average Bonchev–Trinajstić information content (AvgIpc) is 3.14. The second kappa shape index (κ2) is 7.61. The number of aromatic nitrogens is 3. The highest BCUT2D eigenvalue weighted by Crippen LogP contribution is 2.60. The lowest BCUT2D eigenvalue weighted by molar-refractivity contribution is -0.149. The Labute approximate surface area is 183 Å². The number of nitrogens with zero attached hydrogens (tertiary/aromatic N) is 3. The molecular formula is C24H33N5O2. The zero-order chi connectivity index (χ0) is 21.8. The lowest BCUT2D eigenvalue weighted by Crippen LogP contribution is -2.58. The molecule has 7 heteroatoms. The average molecular weight is 424 g/mol. The lowest BCUT2D eigenvalue weighted by atomic mass is 9.49. The molecular weight excluding hydrogens is 390 g/mol. The van der Waals surface area contributed by atoms with Gasteiger partial charge in [0, 0.05) is 11.6 Å². The van der Waals surface area contributed by atoms with Gasteiger partial charge in [-0.1, -0.05) is 19.9 Å². The van der Waals surface area contributed by atoms with Crippen LogP contribution in [0.25, 0.3) is 5.65 Å². The molecule has 4 bridgehead atoms. The monoisotopic (exact) mass is 423 g/mol. The molecule has 0 spiro atoms. The Morgan fingerprint density at radius 1 is 1.00 bits per heavy atom. The van der Waals surface area contributed by atoms with Gasteiger partial charge in [0.25, 0.3) is 0 Å². The Morgan fingerprint density at radius 2 is 1.65 bits per heavy atom. The quantitative estimate of drug-likeness (QED) is 0.746. The standard InChI is InChI=1S/C24H33N5O2/c1-14(2)20(22(30)25-15(3)21-28-27-19-6-4-5-7-29(19)21)26-23(31)24-11-16-8-17(12-24)10-18(9-16)13-24/h4-7,14-18,20H,8-13H2,1-3H3,(H,25,30)(H,26,31). The number of hydrogen-bond acceptors (Lipinski definition) is 4. The molecule has 2 heterocycles. The van der Waals surface area contributed by atoms with Crippen LogP contribution in [0.3, 0.4) is 0 Å². The van der Waals surface area contributed by atoms with Gasteiger partial charge in [-0.25, -0.2) is 0 Å². The van der Waals surface area contributed by atoms with E-state index in [2.05, 4.69) is 20.8 Å². The predicted molar refractivity (Wildman–Crippen MR) is 117 cm³/mol. The van der Waals surface area contributed by atoms with Crippen LogP contribution in [0, 0.1) is 29.1 Å². The van der Waals surface area contributed by atoms with Gasteiger partial charge in [-0.05, 0) is 81.3 Å². The summed E-state index contributed by atoms with van der Waals surface area (Å²) in [5.74, 6) is 2.71. The van der Waals surface area contributed by atoms with E-state index in [1.54, 1.807) is 0 Å². The summed E-state index contributed by atoms with van der Waals surface area (Å²) < 4.78 is 1.88. The smallest absolute Gasteiger partial charge is 0.243 e. The van der Waals surface area contributed by atoms with Crippen LogP contribution in [0.1, 0.15) is 71.2 Å². The summed E-state index contributed by atoms with van der Waals surface area (Å²) in [4.78, 5) is 26.7. The van der Waals surface area contributed by atoms with Crippen LogP contribution in [-0.4, -0.2) is 32.5 Å². The van der Waals surface area contributed by atoms with Gasteiger partial charge in [0.15, 0.2) is 11.5 Å². The number of fused-ring (bicyclic) bond motifs is 1. The van der Waals surface area contributed by atoms with Gasteiger partial charge < -0.3 is 10.6 Å². The number of amides is 2. The topological polar surface area (TPSA) is 88.4 Å². The van der Waals surface area contributed by atoms with E-state index >= 15 is 0 Å². The van der Waals surface area contributed by atoms with Crippen LogP contribution in [0.4, 0.5) is 0 Å². The third-order valence-electron chi connectivity index (χ3n) is 7.84. The maximum Gasteiger partial charge on any atom is 0.243 e. The number of carbonyl (C=O) groups excluding carboxylic acids is 2. The molecule has 0 saturated heterocycles. The van der Waals surface area contributed by atoms with E-state index in [-0.39, 0.29) is 29.2 Å². The summed E-state index contributed by atoms with van der Waals surface area (Å²) in [5.41, 5.74) is 0.492. The molecule has 2 N–H and O–H groups in total. The van der Waals surface area contributed by atoms with E-state index in [4.69, 9.17) is 0 Å². The largest absolute Gasteiger partial charge is 0.345 e. The minimum Gasteiger partial charge on any atom is -0.345 e. The Balaban J connectivity index is 1.29. The van der Waals surface area contributed by atoms with E-state index in [9.17, 15) is 9.59 Å². The number of rotatable bonds is 6. The fourth-order valence-corrected chi connectivity index (χ4v) is 6.74. The van der Waals surface area contributed by atoms with Crippen molar-refractivity contribution in [3.8, 4) is 0 Å². The molecule has 0 aromatic carbocycles. The summed E-state index contributed by atoms with van der Waals surface area (Å²) in [5, 5.41) is 14.6. The van der Waals surface area contributed by atoms with Crippen molar-refractivity contribution in [3.63, 3.8) is 0 Å². The molecule has 4 aliphatic rings. The van der Waals surface area contributed by atoms with Crippen molar-refractivity contribution < 1.29 is 9.59 Å². The zero-order valence-electron chi connectivity index (χ0n) is 18.7. The second-order valence-corrected chi connectivity index (χ2v) is 10.6. The van der Waals surface area contributed by atoms with Crippen molar-refractivity contribution in [1.82, 2.24) is 25.2 Å². The molecule has 6 rings (SSSR count). The van der Waals surface area contributed by atoms with Crippen molar-refractivity contribution in [2.45, 2.75) is 71.4 Å². The molecule has 0 radical (unpaired) electrons. The van der Waals surface area contributed by atoms with Crippen LogP contribution >= 0.6 is 0 Å². The van der Waals surface area contributed by atoms with Gasteiger partial charge in [-0.3, -0.25) is 14.0 Å². The third kappa shape index (κ3) is 3.62. The first-order valence-corrected chi connectivity index (χ1v) is 11.8. The highest BCUT2D eigenvalue weighted by atomic mass is 16.2. The first-order chi connectivity index (χ1) is 14.8. The molecule has 4 fully saturated rings. The molecule has 4 saturated carbocycles. The minimum absolute atomic E-state index is 0.000191. The number of carbonyl (C=O) groups is 2. The van der Waals surface area contributed by atoms with Crippen molar-refractivity contribution in [2.24, 2.45) is 29.1 Å². The van der Waals surface area contributed by atoms with Gasteiger partial charge >= 0.3 is 0 Å². The fourth-order valence-electron chi connectivity index (χ4n) is 6.74. The summed E-state index contributed by atoms with van der Waals surface area (Å²) >= 11 is 0. The Bertz CT molecular complexity index is 961. The first-order valence-electron chi connectivity index (χ1n) is 11.8. The molecule has 166 valence electrons. The van der Waals surface area contributed by atoms with Gasteiger partial charge in [0.05, 0.1) is 6.04 Å². The lowest BCUT2D eigenvalue weighted by Gasteiger charge is -2.55. The third-order valence-corrected chi connectivity index (χ3v) is 7.84. The normalized spacial score (nSPS) is 31.0. The Kier molecular flexibility index (Phi) is 5.02. The van der Waals surface area contributed by atoms with Crippen LogP contribution < -0.4 is 10.6 Å². The van der Waals surface area contributed by atoms with Crippen molar-refractivity contribution in [3.05, 3.63) is 30.2 Å². The van der Waals surface area contributed by atoms with E-state index < -0.39 is 6.04 Å². The maximum absolute atomic E-state index is 13.5. The van der Waals surface area contributed by atoms with Crippen molar-refractivity contribution >= 4 is 17.5 Å². The fraction of sp³-hybridized carbons (Fsp3) is 0.667. The van der Waals surface area contributed by atoms with Gasteiger partial charge in [0.2, 0.25) is 11.8 Å². The summed E-state index contributed by atoms with van der Waals surface area (Å²) in [7, 11) is 0. The highest BCUT2D eigenvalue weighted by molar-refractivity contribution is 5.90. The van der Waals surface area contributed by atoms with Gasteiger partial charge in [0.1, 0.15) is 6.04 Å². The molecule has 2 aromatic heterocycles. The summed E-state index contributed by atoms with van der Waals surface area (Å²) in [6, 6.07) is 4.83. The number of pyridine rings is 1. The SMILES string of the molecule is CC(NC(=O)C(NC(=O)C12CC3CC(CC(C3)C1)C2)C(C)C)c1nnc2ccccn12. The van der Waals surface area contributed by atoms with Crippen molar-refractivity contribution in [2.75, 3.05) is 0 Å². The molecule has 4 aliphatic carbocycles. The molecule has 2 unspecified atom stereocenters. The van der Waals surface area contributed by atoms with Crippen LogP contribution in [-0.2, 0) is 9.59 Å². The summed E-state index contributed by atoms with van der Waals surface area (Å²) in [6.07, 6.45) is 8.78. The van der Waals surface area contributed by atoms with Crippen LogP contribution in [0.2, 0.25) is 0 Å². The zero-order valence-corrected chi connectivity index (χ0v) is 18.7. The summed E-state index contributed by atoms with van der Waals surface area (Å²) in [6.45, 7) is 5.88. The van der Waals surface area contributed by atoms with Gasteiger partial charge in [-0.15, -0.1) is 10.2 Å². The van der Waals surface area contributed by atoms with E-state index in [0.717, 1.165) is 24.9 Å². The first kappa shape index (κ1) is 20.5. The van der Waals surface area contributed by atoms with E-state index in [1.165, 1.54) is 19.3 Å². The highest BCUT2D eigenvalue weighted by Gasteiger charge is 2.55. The number of hydrogen-bond donors (Lipinski definition) is 2. The van der Waals surface area contributed by atoms with Crippen molar-refractivity contribution in [1.29, 1.82) is 0 Å². The second-order valence-electron chi connectivity index (χ2n) is 10.6. The van der Waals surface area contributed by atoms with Crippen LogP contribution in [0.15, 0.2) is 24.4 Å². The predicted octanol–water partition coefficient (Wildman–Crippen LogP) is 3.26. The van der Waals surface area contributed by atoms with E-state index in [0.29, 0.717) is 23.6 Å². The maximum atomic E-state index is 13.5.